The zero-order chi connectivity index (χ0) is 18.5. The molecule has 8 nitrogen and oxygen atoms in total. The Morgan fingerprint density at radius 1 is 1.38 bits per heavy atom. The van der Waals surface area contributed by atoms with E-state index < -0.39 is 34.0 Å². The SMILES string of the molecule is C=C(C)C(=O)Oc1cccc(NC(=O)OCC(F)(F)S(=O)(=O)O)c1. The summed E-state index contributed by atoms with van der Waals surface area (Å²) in [7, 11) is -5.70. The van der Waals surface area contributed by atoms with Crippen LogP contribution in [0, 0.1) is 0 Å². The van der Waals surface area contributed by atoms with Crippen LogP contribution in [0.3, 0.4) is 0 Å². The van der Waals surface area contributed by atoms with Gasteiger partial charge in [0.1, 0.15) is 5.75 Å². The first-order valence-corrected chi connectivity index (χ1v) is 7.63. The Morgan fingerprint density at radius 3 is 2.54 bits per heavy atom. The first kappa shape index (κ1) is 19.5. The van der Waals surface area contributed by atoms with E-state index in [4.69, 9.17) is 9.29 Å². The van der Waals surface area contributed by atoms with Crippen LogP contribution in [0.5, 0.6) is 5.75 Å². The Labute approximate surface area is 135 Å². The fraction of sp³-hybridized carbons (Fsp3) is 0.231. The van der Waals surface area contributed by atoms with Crippen LogP contribution in [-0.2, 0) is 19.6 Å². The number of anilines is 1. The second-order valence-corrected chi connectivity index (χ2v) is 6.06. The van der Waals surface area contributed by atoms with Crippen LogP contribution in [0.2, 0.25) is 0 Å². The molecule has 0 fully saturated rings. The van der Waals surface area contributed by atoms with Crippen molar-refractivity contribution in [1.82, 2.24) is 0 Å². The average Bonchev–Trinajstić information content (AvgIpc) is 2.44. The number of rotatable bonds is 6. The van der Waals surface area contributed by atoms with Gasteiger partial charge in [-0.2, -0.15) is 17.2 Å². The molecule has 0 aliphatic rings. The van der Waals surface area contributed by atoms with Crippen LogP contribution in [0.4, 0.5) is 19.3 Å². The van der Waals surface area contributed by atoms with E-state index in [0.717, 1.165) is 0 Å². The molecule has 0 unspecified atom stereocenters. The molecule has 0 aromatic heterocycles. The minimum absolute atomic E-state index is 0.0298. The molecule has 1 rings (SSSR count). The lowest BCUT2D eigenvalue weighted by Gasteiger charge is -2.13. The minimum Gasteiger partial charge on any atom is -0.442 e. The molecule has 0 aliphatic heterocycles. The Bertz CT molecular complexity index is 761. The van der Waals surface area contributed by atoms with Gasteiger partial charge in [0, 0.05) is 17.3 Å². The van der Waals surface area contributed by atoms with Gasteiger partial charge in [-0.25, -0.2) is 9.59 Å². The maximum absolute atomic E-state index is 12.9. The lowest BCUT2D eigenvalue weighted by Crippen LogP contribution is -2.35. The van der Waals surface area contributed by atoms with Crippen LogP contribution >= 0.6 is 0 Å². The number of benzene rings is 1. The molecule has 132 valence electrons. The van der Waals surface area contributed by atoms with Gasteiger partial charge in [0.05, 0.1) is 0 Å². The minimum atomic E-state index is -5.70. The smallest absolute Gasteiger partial charge is 0.411 e. The van der Waals surface area contributed by atoms with Crippen molar-refractivity contribution in [2.24, 2.45) is 0 Å². The van der Waals surface area contributed by atoms with Gasteiger partial charge in [0.25, 0.3) is 0 Å². The van der Waals surface area contributed by atoms with Crippen LogP contribution in [-0.4, -0.2) is 36.9 Å². The second kappa shape index (κ2) is 7.36. The number of nitrogens with one attached hydrogen (secondary N) is 1. The van der Waals surface area contributed by atoms with Crippen molar-refractivity contribution in [1.29, 1.82) is 0 Å². The van der Waals surface area contributed by atoms with E-state index in [2.05, 4.69) is 11.3 Å². The van der Waals surface area contributed by atoms with E-state index in [1.165, 1.54) is 31.2 Å². The molecule has 0 spiro atoms. The van der Waals surface area contributed by atoms with Crippen molar-refractivity contribution in [3.05, 3.63) is 36.4 Å². The van der Waals surface area contributed by atoms with E-state index >= 15 is 0 Å². The quantitative estimate of drug-likeness (QED) is 0.343. The molecule has 1 amide bonds. The fourth-order valence-corrected chi connectivity index (χ4v) is 1.42. The topological polar surface area (TPSA) is 119 Å². The summed E-state index contributed by atoms with van der Waals surface area (Å²) in [5, 5.41) is -2.61. The number of hydrogen-bond donors (Lipinski definition) is 2. The molecule has 11 heteroatoms. The Kier molecular flexibility index (Phi) is 5.99. The highest BCUT2D eigenvalue weighted by Crippen LogP contribution is 2.22. The van der Waals surface area contributed by atoms with Crippen molar-refractivity contribution in [2.45, 2.75) is 12.2 Å². The third-order valence-electron chi connectivity index (χ3n) is 2.39. The third kappa shape index (κ3) is 5.59. The number of amides is 1. The largest absolute Gasteiger partial charge is 0.442 e. The number of hydrogen-bond acceptors (Lipinski definition) is 6. The zero-order valence-corrected chi connectivity index (χ0v) is 13.1. The Morgan fingerprint density at radius 2 is 2.00 bits per heavy atom. The lowest BCUT2D eigenvalue weighted by molar-refractivity contribution is -0.130. The van der Waals surface area contributed by atoms with E-state index in [0.29, 0.717) is 0 Å². The third-order valence-corrected chi connectivity index (χ3v) is 3.26. The van der Waals surface area contributed by atoms with Crippen LogP contribution < -0.4 is 10.1 Å². The van der Waals surface area contributed by atoms with E-state index in [9.17, 15) is 26.8 Å². The maximum Gasteiger partial charge on any atom is 0.411 e. The van der Waals surface area contributed by atoms with Gasteiger partial charge in [-0.05, 0) is 19.1 Å². The standard InChI is InChI=1S/C13H13F2NO7S/c1-8(2)11(17)23-10-5-3-4-9(6-10)16-12(18)22-7-13(14,15)24(19,20)21/h3-6H,1,7H2,2H3,(H,16,18)(H,19,20,21). The summed E-state index contributed by atoms with van der Waals surface area (Å²) in [5.41, 5.74) is 0.169. The van der Waals surface area contributed by atoms with Gasteiger partial charge in [0.15, 0.2) is 6.61 Å². The van der Waals surface area contributed by atoms with Crippen molar-refractivity contribution in [2.75, 3.05) is 11.9 Å². The first-order chi connectivity index (χ1) is 10.9. The van der Waals surface area contributed by atoms with Gasteiger partial charge in [-0.3, -0.25) is 9.87 Å². The summed E-state index contributed by atoms with van der Waals surface area (Å²) in [5.74, 6) is -0.661. The van der Waals surface area contributed by atoms with Gasteiger partial charge < -0.3 is 9.47 Å². The summed E-state index contributed by atoms with van der Waals surface area (Å²) in [6, 6.07) is 5.32. The van der Waals surface area contributed by atoms with Crippen LogP contribution in [0.1, 0.15) is 6.92 Å². The highest BCUT2D eigenvalue weighted by Gasteiger charge is 2.45. The Hall–Kier alpha value is -2.53. The molecular weight excluding hydrogens is 352 g/mol. The predicted molar refractivity (Wildman–Crippen MR) is 78.4 cm³/mol. The first-order valence-electron chi connectivity index (χ1n) is 6.19. The fourth-order valence-electron chi connectivity index (χ4n) is 1.21. The number of carbonyl (C=O) groups is 2. The lowest BCUT2D eigenvalue weighted by atomic mass is 10.3. The van der Waals surface area contributed by atoms with Gasteiger partial charge in [0.2, 0.25) is 0 Å². The Balaban J connectivity index is 2.68. The van der Waals surface area contributed by atoms with Gasteiger partial charge in [-0.15, -0.1) is 0 Å². The highest BCUT2D eigenvalue weighted by atomic mass is 32.2. The molecule has 0 bridgehead atoms. The monoisotopic (exact) mass is 365 g/mol. The molecule has 0 atom stereocenters. The summed E-state index contributed by atoms with van der Waals surface area (Å²) >= 11 is 0. The van der Waals surface area contributed by atoms with E-state index in [1.54, 1.807) is 0 Å². The molecule has 24 heavy (non-hydrogen) atoms. The zero-order valence-electron chi connectivity index (χ0n) is 12.3. The summed E-state index contributed by atoms with van der Waals surface area (Å²) in [4.78, 5) is 22.7. The van der Waals surface area contributed by atoms with Crippen molar-refractivity contribution in [3.8, 4) is 5.75 Å². The molecule has 1 aromatic carbocycles. The van der Waals surface area contributed by atoms with Crippen molar-refractivity contribution < 1.29 is 40.8 Å². The van der Waals surface area contributed by atoms with E-state index in [1.807, 2.05) is 5.32 Å². The maximum atomic E-state index is 12.9. The van der Waals surface area contributed by atoms with Gasteiger partial charge in [-0.1, -0.05) is 12.6 Å². The number of alkyl halides is 2. The molecule has 0 radical (unpaired) electrons. The summed E-state index contributed by atoms with van der Waals surface area (Å²) < 4.78 is 63.7. The summed E-state index contributed by atoms with van der Waals surface area (Å²) in [6.07, 6.45) is -1.40. The molecule has 0 heterocycles. The molecule has 1 aromatic rings. The number of halogens is 2. The van der Waals surface area contributed by atoms with Crippen LogP contribution in [0.15, 0.2) is 36.4 Å². The molecule has 0 aliphatic carbocycles. The second-order valence-electron chi connectivity index (χ2n) is 4.51. The van der Waals surface area contributed by atoms with Crippen LogP contribution in [0.25, 0.3) is 0 Å². The van der Waals surface area contributed by atoms with Crippen molar-refractivity contribution in [3.63, 3.8) is 0 Å². The molecular formula is C13H13F2NO7S. The number of esters is 1. The molecule has 0 saturated carbocycles. The number of carbonyl (C=O) groups excluding carboxylic acids is 2. The molecule has 2 N–H and O–H groups in total. The molecule has 0 saturated heterocycles. The average molecular weight is 365 g/mol. The predicted octanol–water partition coefficient (Wildman–Crippen LogP) is 2.20. The van der Waals surface area contributed by atoms with Crippen molar-refractivity contribution >= 4 is 27.9 Å². The number of ether oxygens (including phenoxy) is 2. The summed E-state index contributed by atoms with van der Waals surface area (Å²) in [6.45, 7) is 2.94. The highest BCUT2D eigenvalue weighted by molar-refractivity contribution is 7.86. The normalized spacial score (nSPS) is 11.5. The van der Waals surface area contributed by atoms with Gasteiger partial charge >= 0.3 is 27.4 Å². The van der Waals surface area contributed by atoms with E-state index in [-0.39, 0.29) is 17.0 Å².